The molecule has 1 heterocycles. The van der Waals surface area contributed by atoms with Gasteiger partial charge in [0.05, 0.1) is 12.8 Å². The smallest absolute Gasteiger partial charge is 0.123 e. The summed E-state index contributed by atoms with van der Waals surface area (Å²) in [7, 11) is 1.93. The first-order valence-electron chi connectivity index (χ1n) is 6.99. The minimum Gasteiger partial charge on any atom is -0.491 e. The maximum absolute atomic E-state index is 10.0. The third-order valence-electron chi connectivity index (χ3n) is 3.15. The second kappa shape index (κ2) is 7.83. The van der Waals surface area contributed by atoms with Crippen molar-refractivity contribution >= 4 is 0 Å². The summed E-state index contributed by atoms with van der Waals surface area (Å²) in [6.45, 7) is 1.82. The van der Waals surface area contributed by atoms with E-state index in [2.05, 4.69) is 0 Å². The van der Waals surface area contributed by atoms with E-state index >= 15 is 0 Å². The Balaban J connectivity index is 1.77. The number of rotatable bonds is 8. The molecule has 0 aliphatic carbocycles. The first-order valence-corrected chi connectivity index (χ1v) is 6.99. The van der Waals surface area contributed by atoms with Crippen LogP contribution >= 0.6 is 0 Å². The van der Waals surface area contributed by atoms with E-state index in [4.69, 9.17) is 14.9 Å². The van der Waals surface area contributed by atoms with Crippen molar-refractivity contribution < 1.29 is 14.3 Å². The molecule has 2 rings (SSSR count). The van der Waals surface area contributed by atoms with Crippen LogP contribution in [0.15, 0.2) is 47.1 Å². The van der Waals surface area contributed by atoms with Crippen molar-refractivity contribution in [3.8, 4) is 5.75 Å². The van der Waals surface area contributed by atoms with E-state index in [1.807, 2.05) is 48.3 Å². The number of furan rings is 1. The van der Waals surface area contributed by atoms with Gasteiger partial charge < -0.3 is 20.0 Å². The molecule has 0 radical (unpaired) electrons. The average molecular weight is 290 g/mol. The Morgan fingerprint density at radius 2 is 2.10 bits per heavy atom. The summed E-state index contributed by atoms with van der Waals surface area (Å²) in [6, 6.07) is 11.4. The van der Waals surface area contributed by atoms with Crippen LogP contribution in [0.25, 0.3) is 0 Å². The molecule has 2 aromatic rings. The lowest BCUT2D eigenvalue weighted by molar-refractivity contribution is 0.0722. The van der Waals surface area contributed by atoms with Gasteiger partial charge in [0.2, 0.25) is 0 Å². The van der Waals surface area contributed by atoms with Gasteiger partial charge in [0.25, 0.3) is 0 Å². The molecular formula is C16H22N2O3. The fourth-order valence-corrected chi connectivity index (χ4v) is 2.14. The normalized spacial score (nSPS) is 12.6. The number of nitrogens with two attached hydrogens (primary N) is 1. The molecule has 0 fully saturated rings. The van der Waals surface area contributed by atoms with Crippen LogP contribution < -0.4 is 10.5 Å². The number of ether oxygens (including phenoxy) is 1. The van der Waals surface area contributed by atoms with E-state index in [0.29, 0.717) is 19.6 Å². The highest BCUT2D eigenvalue weighted by Gasteiger charge is 2.11. The van der Waals surface area contributed by atoms with Crippen molar-refractivity contribution in [3.05, 3.63) is 54.0 Å². The molecule has 0 saturated heterocycles. The highest BCUT2D eigenvalue weighted by molar-refractivity contribution is 5.32. The number of aliphatic hydroxyl groups is 1. The molecule has 5 nitrogen and oxygen atoms in total. The molecule has 1 aromatic heterocycles. The van der Waals surface area contributed by atoms with Gasteiger partial charge >= 0.3 is 0 Å². The lowest BCUT2D eigenvalue weighted by Gasteiger charge is -2.20. The molecule has 0 aliphatic rings. The number of para-hydroxylation sites is 1. The van der Waals surface area contributed by atoms with Crippen LogP contribution in [0.4, 0.5) is 0 Å². The van der Waals surface area contributed by atoms with Crippen molar-refractivity contribution in [2.75, 3.05) is 20.2 Å². The SMILES string of the molecule is CN(Cc1ccco1)CC(O)COc1ccccc1CN. The number of hydrogen-bond acceptors (Lipinski definition) is 5. The molecular weight excluding hydrogens is 268 g/mol. The molecule has 1 atom stereocenters. The van der Waals surface area contributed by atoms with Crippen molar-refractivity contribution in [1.82, 2.24) is 4.90 Å². The van der Waals surface area contributed by atoms with Crippen molar-refractivity contribution in [3.63, 3.8) is 0 Å². The van der Waals surface area contributed by atoms with Gasteiger partial charge in [-0.15, -0.1) is 0 Å². The topological polar surface area (TPSA) is 71.9 Å². The average Bonchev–Trinajstić information content (AvgIpc) is 2.98. The van der Waals surface area contributed by atoms with Gasteiger partial charge in [-0.05, 0) is 25.2 Å². The first-order chi connectivity index (χ1) is 10.2. The van der Waals surface area contributed by atoms with E-state index in [1.54, 1.807) is 6.26 Å². The number of benzene rings is 1. The second-order valence-electron chi connectivity index (χ2n) is 5.05. The summed E-state index contributed by atoms with van der Waals surface area (Å²) in [6.07, 6.45) is 1.07. The Bertz CT molecular complexity index is 528. The molecule has 0 amide bonds. The molecule has 0 spiro atoms. The number of hydrogen-bond donors (Lipinski definition) is 2. The second-order valence-corrected chi connectivity index (χ2v) is 5.05. The van der Waals surface area contributed by atoms with E-state index < -0.39 is 6.10 Å². The molecule has 1 unspecified atom stereocenters. The van der Waals surface area contributed by atoms with Gasteiger partial charge in [0, 0.05) is 18.7 Å². The van der Waals surface area contributed by atoms with Gasteiger partial charge in [-0.1, -0.05) is 18.2 Å². The van der Waals surface area contributed by atoms with E-state index in [-0.39, 0.29) is 6.61 Å². The van der Waals surface area contributed by atoms with Crippen LogP contribution in [0.3, 0.4) is 0 Å². The van der Waals surface area contributed by atoms with Crippen LogP contribution in [0.5, 0.6) is 5.75 Å². The molecule has 1 aromatic carbocycles. The highest BCUT2D eigenvalue weighted by Crippen LogP contribution is 2.17. The largest absolute Gasteiger partial charge is 0.491 e. The molecule has 5 heteroatoms. The lowest BCUT2D eigenvalue weighted by atomic mass is 10.2. The summed E-state index contributed by atoms with van der Waals surface area (Å²) in [4.78, 5) is 1.99. The van der Waals surface area contributed by atoms with Crippen molar-refractivity contribution in [2.45, 2.75) is 19.2 Å². The number of likely N-dealkylation sites (N-methyl/N-ethyl adjacent to an activating group) is 1. The van der Waals surface area contributed by atoms with Crippen molar-refractivity contribution in [1.29, 1.82) is 0 Å². The Kier molecular flexibility index (Phi) is 5.80. The van der Waals surface area contributed by atoms with Crippen LogP contribution in [-0.4, -0.2) is 36.3 Å². The third kappa shape index (κ3) is 4.90. The predicted octanol–water partition coefficient (Wildman–Crippen LogP) is 1.61. The first kappa shape index (κ1) is 15.6. The Morgan fingerprint density at radius 1 is 1.29 bits per heavy atom. The van der Waals surface area contributed by atoms with Gasteiger partial charge in [0.1, 0.15) is 24.2 Å². The Morgan fingerprint density at radius 3 is 2.81 bits per heavy atom. The van der Waals surface area contributed by atoms with E-state index in [1.165, 1.54) is 0 Å². The summed E-state index contributed by atoms with van der Waals surface area (Å²) >= 11 is 0. The van der Waals surface area contributed by atoms with E-state index in [9.17, 15) is 5.11 Å². The fourth-order valence-electron chi connectivity index (χ4n) is 2.14. The van der Waals surface area contributed by atoms with Gasteiger partial charge in [-0.3, -0.25) is 4.90 Å². The number of aliphatic hydroxyl groups excluding tert-OH is 1. The molecule has 21 heavy (non-hydrogen) atoms. The quantitative estimate of drug-likeness (QED) is 0.773. The fraction of sp³-hybridized carbons (Fsp3) is 0.375. The maximum Gasteiger partial charge on any atom is 0.123 e. The minimum absolute atomic E-state index is 0.236. The van der Waals surface area contributed by atoms with Crippen LogP contribution in [0.2, 0.25) is 0 Å². The lowest BCUT2D eigenvalue weighted by Crippen LogP contribution is -2.32. The summed E-state index contributed by atoms with van der Waals surface area (Å²) in [5, 5.41) is 10.0. The van der Waals surface area contributed by atoms with E-state index in [0.717, 1.165) is 17.1 Å². The van der Waals surface area contributed by atoms with Gasteiger partial charge in [-0.25, -0.2) is 0 Å². The van der Waals surface area contributed by atoms with Gasteiger partial charge in [-0.2, -0.15) is 0 Å². The molecule has 3 N–H and O–H groups in total. The molecule has 0 bridgehead atoms. The van der Waals surface area contributed by atoms with Crippen LogP contribution in [0, 0.1) is 0 Å². The van der Waals surface area contributed by atoms with Crippen LogP contribution in [0.1, 0.15) is 11.3 Å². The van der Waals surface area contributed by atoms with Crippen molar-refractivity contribution in [2.24, 2.45) is 5.73 Å². The monoisotopic (exact) mass is 290 g/mol. The summed E-state index contributed by atoms with van der Waals surface area (Å²) in [5.74, 6) is 1.60. The predicted molar refractivity (Wildman–Crippen MR) is 80.9 cm³/mol. The minimum atomic E-state index is -0.573. The third-order valence-corrected chi connectivity index (χ3v) is 3.15. The van der Waals surface area contributed by atoms with Crippen LogP contribution in [-0.2, 0) is 13.1 Å². The Labute approximate surface area is 124 Å². The summed E-state index contributed by atoms with van der Waals surface area (Å²) in [5.41, 5.74) is 6.59. The zero-order valence-corrected chi connectivity index (χ0v) is 12.2. The molecule has 0 aliphatic heterocycles. The number of nitrogens with zero attached hydrogens (tertiary/aromatic N) is 1. The summed E-state index contributed by atoms with van der Waals surface area (Å²) < 4.78 is 10.9. The molecule has 0 saturated carbocycles. The zero-order valence-electron chi connectivity index (χ0n) is 12.2. The standard InChI is InChI=1S/C16H22N2O3/c1-18(11-15-6-4-8-20-15)10-14(19)12-21-16-7-3-2-5-13(16)9-17/h2-8,14,19H,9-12,17H2,1H3. The zero-order chi connectivity index (χ0) is 15.1. The Hall–Kier alpha value is -1.82. The van der Waals surface area contributed by atoms with Gasteiger partial charge in [0.15, 0.2) is 0 Å². The maximum atomic E-state index is 10.0. The molecule has 114 valence electrons. The highest BCUT2D eigenvalue weighted by atomic mass is 16.5.